The van der Waals surface area contributed by atoms with Gasteiger partial charge in [0, 0.05) is 25.7 Å². The van der Waals surface area contributed by atoms with Crippen LogP contribution in [0.5, 0.6) is 0 Å². The first-order valence-corrected chi connectivity index (χ1v) is 5.70. The molecule has 2 saturated carbocycles. The lowest BCUT2D eigenvalue weighted by molar-refractivity contribution is -0.142. The summed E-state index contributed by atoms with van der Waals surface area (Å²) in [5.41, 5.74) is 0. The fourth-order valence-electron chi connectivity index (χ4n) is 2.62. The van der Waals surface area contributed by atoms with E-state index in [1.807, 2.05) is 0 Å². The van der Waals surface area contributed by atoms with E-state index in [0.717, 1.165) is 0 Å². The van der Waals surface area contributed by atoms with Gasteiger partial charge in [0.2, 0.25) is 0 Å². The van der Waals surface area contributed by atoms with E-state index in [2.05, 4.69) is 0 Å². The van der Waals surface area contributed by atoms with Gasteiger partial charge in [-0.15, -0.1) is 0 Å². The molecule has 86 valence electrons. The maximum Gasteiger partial charge on any atom is 0.198 e. The molecule has 2 aliphatic rings. The molecule has 0 radical (unpaired) electrons. The lowest BCUT2D eigenvalue weighted by Crippen LogP contribution is -2.34. The lowest BCUT2D eigenvalue weighted by Gasteiger charge is -2.30. The zero-order valence-corrected chi connectivity index (χ0v) is 9.03. The number of hydrogen-bond donors (Lipinski definition) is 0. The summed E-state index contributed by atoms with van der Waals surface area (Å²) in [5.74, 6) is -0.922. The van der Waals surface area contributed by atoms with Crippen molar-refractivity contribution in [2.45, 2.75) is 38.5 Å². The van der Waals surface area contributed by atoms with Crippen LogP contribution in [0.4, 0.5) is 0 Å². The molecule has 0 amide bonds. The van der Waals surface area contributed by atoms with E-state index in [4.69, 9.17) is 0 Å². The van der Waals surface area contributed by atoms with Gasteiger partial charge in [0.25, 0.3) is 0 Å². The van der Waals surface area contributed by atoms with Crippen molar-refractivity contribution in [1.29, 1.82) is 0 Å². The predicted octanol–water partition coefficient (Wildman–Crippen LogP) is 0.863. The summed E-state index contributed by atoms with van der Waals surface area (Å²) < 4.78 is 0. The van der Waals surface area contributed by atoms with Gasteiger partial charge in [0.1, 0.15) is 0 Å². The Balaban J connectivity index is 1.98. The van der Waals surface area contributed by atoms with Crippen molar-refractivity contribution in [2.24, 2.45) is 11.8 Å². The van der Waals surface area contributed by atoms with E-state index in [0.29, 0.717) is 25.7 Å². The third-order valence-electron chi connectivity index (χ3n) is 3.67. The summed E-state index contributed by atoms with van der Waals surface area (Å²) in [4.78, 5) is 44.7. The molecule has 0 spiro atoms. The van der Waals surface area contributed by atoms with Gasteiger partial charge >= 0.3 is 0 Å². The van der Waals surface area contributed by atoms with Crippen molar-refractivity contribution in [3.8, 4) is 0 Å². The number of carbonyl (C=O) groups excluding carboxylic acids is 4. The van der Waals surface area contributed by atoms with E-state index in [9.17, 15) is 19.2 Å². The first kappa shape index (κ1) is 11.2. The van der Waals surface area contributed by atoms with Crippen LogP contribution in [0.3, 0.4) is 0 Å². The molecule has 2 fully saturated rings. The van der Waals surface area contributed by atoms with Crippen molar-refractivity contribution in [3.05, 3.63) is 0 Å². The van der Waals surface area contributed by atoms with Gasteiger partial charge in [-0.1, -0.05) is 0 Å². The Kier molecular flexibility index (Phi) is 2.99. The van der Waals surface area contributed by atoms with Gasteiger partial charge in [-0.05, 0) is 24.7 Å². The van der Waals surface area contributed by atoms with Crippen LogP contribution in [0.2, 0.25) is 0 Å². The minimum absolute atomic E-state index is 0.127. The molecule has 2 rings (SSSR count). The molecule has 2 unspecified atom stereocenters. The fraction of sp³-hybridized carbons (Fsp3) is 0.667. The van der Waals surface area contributed by atoms with Gasteiger partial charge in [0.05, 0.1) is 0 Å². The first-order valence-electron chi connectivity index (χ1n) is 5.70. The zero-order chi connectivity index (χ0) is 11.7. The highest BCUT2D eigenvalue weighted by molar-refractivity contribution is 6.38. The Morgan fingerprint density at radius 1 is 0.625 bits per heavy atom. The van der Waals surface area contributed by atoms with Crippen LogP contribution < -0.4 is 0 Å². The SMILES string of the molecule is O=C1CCC(C2CCC(=O)C(=O)C2)CC1=O. The number of hydrogen-bond acceptors (Lipinski definition) is 4. The largest absolute Gasteiger partial charge is 0.291 e. The smallest absolute Gasteiger partial charge is 0.198 e. The van der Waals surface area contributed by atoms with Crippen LogP contribution in [-0.4, -0.2) is 23.1 Å². The topological polar surface area (TPSA) is 68.3 Å². The molecule has 0 aliphatic heterocycles. The van der Waals surface area contributed by atoms with Crippen LogP contribution in [0.15, 0.2) is 0 Å². The number of Topliss-reactive ketones (excluding diaryl/α,β-unsaturated/α-hetero) is 4. The molecule has 16 heavy (non-hydrogen) atoms. The molecular weight excluding hydrogens is 208 g/mol. The van der Waals surface area contributed by atoms with Gasteiger partial charge < -0.3 is 0 Å². The molecule has 0 saturated heterocycles. The Morgan fingerprint density at radius 2 is 1.00 bits per heavy atom. The molecule has 4 heteroatoms. The Bertz CT molecular complexity index is 333. The molecule has 0 aromatic carbocycles. The van der Waals surface area contributed by atoms with Crippen molar-refractivity contribution in [1.82, 2.24) is 0 Å². The summed E-state index contributed by atoms with van der Waals surface area (Å²) in [6, 6.07) is 0. The van der Waals surface area contributed by atoms with Crippen LogP contribution in [0.1, 0.15) is 38.5 Å². The van der Waals surface area contributed by atoms with E-state index in [1.54, 1.807) is 0 Å². The average Bonchev–Trinajstić information content (AvgIpc) is 2.26. The van der Waals surface area contributed by atoms with Gasteiger partial charge in [-0.3, -0.25) is 19.2 Å². The van der Waals surface area contributed by atoms with E-state index in [1.165, 1.54) is 0 Å². The normalized spacial score (nSPS) is 32.0. The van der Waals surface area contributed by atoms with Crippen molar-refractivity contribution < 1.29 is 19.2 Å². The van der Waals surface area contributed by atoms with E-state index < -0.39 is 0 Å². The van der Waals surface area contributed by atoms with Gasteiger partial charge in [-0.25, -0.2) is 0 Å². The van der Waals surface area contributed by atoms with Crippen molar-refractivity contribution in [3.63, 3.8) is 0 Å². The van der Waals surface area contributed by atoms with Crippen molar-refractivity contribution >= 4 is 23.1 Å². The van der Waals surface area contributed by atoms with Crippen LogP contribution >= 0.6 is 0 Å². The highest BCUT2D eigenvalue weighted by Crippen LogP contribution is 2.34. The molecule has 0 bridgehead atoms. The lowest BCUT2D eigenvalue weighted by atomic mass is 9.72. The zero-order valence-electron chi connectivity index (χ0n) is 9.03. The third-order valence-corrected chi connectivity index (χ3v) is 3.67. The minimum Gasteiger partial charge on any atom is -0.291 e. The van der Waals surface area contributed by atoms with Crippen molar-refractivity contribution in [2.75, 3.05) is 0 Å². The minimum atomic E-state index is -0.305. The monoisotopic (exact) mass is 222 g/mol. The summed E-state index contributed by atoms with van der Waals surface area (Å²) in [7, 11) is 0. The summed E-state index contributed by atoms with van der Waals surface area (Å²) in [6.07, 6.45) is 2.54. The summed E-state index contributed by atoms with van der Waals surface area (Å²) in [5, 5.41) is 0. The molecule has 2 aliphatic carbocycles. The van der Waals surface area contributed by atoms with E-state index in [-0.39, 0.29) is 47.8 Å². The molecular formula is C12H14O4. The van der Waals surface area contributed by atoms with Crippen LogP contribution in [0, 0.1) is 11.8 Å². The maximum atomic E-state index is 11.3. The van der Waals surface area contributed by atoms with Gasteiger partial charge in [-0.2, -0.15) is 0 Å². The van der Waals surface area contributed by atoms with Crippen LogP contribution in [-0.2, 0) is 19.2 Å². The first-order chi connectivity index (χ1) is 7.58. The number of ketones is 4. The maximum absolute atomic E-state index is 11.3. The summed E-state index contributed by atoms with van der Waals surface area (Å²) in [6.45, 7) is 0. The highest BCUT2D eigenvalue weighted by Gasteiger charge is 2.36. The molecule has 0 heterocycles. The molecule has 0 N–H and O–H groups in total. The number of carbonyl (C=O) groups is 4. The fourth-order valence-corrected chi connectivity index (χ4v) is 2.62. The second kappa shape index (κ2) is 4.28. The average molecular weight is 222 g/mol. The second-order valence-electron chi connectivity index (χ2n) is 4.70. The Hall–Kier alpha value is -1.32. The molecule has 0 aromatic rings. The molecule has 2 atom stereocenters. The number of rotatable bonds is 1. The summed E-state index contributed by atoms with van der Waals surface area (Å²) >= 11 is 0. The van der Waals surface area contributed by atoms with E-state index >= 15 is 0 Å². The molecule has 0 aromatic heterocycles. The quantitative estimate of drug-likeness (QED) is 0.617. The Labute approximate surface area is 93.4 Å². The highest BCUT2D eigenvalue weighted by atomic mass is 16.2. The molecule has 4 nitrogen and oxygen atoms in total. The third kappa shape index (κ3) is 2.10. The Morgan fingerprint density at radius 3 is 1.31 bits per heavy atom. The standard InChI is InChI=1S/C12H14O4/c13-9-3-1-7(5-11(9)15)8-2-4-10(14)12(16)6-8/h7-8H,1-6H2. The van der Waals surface area contributed by atoms with Gasteiger partial charge in [0.15, 0.2) is 23.1 Å². The predicted molar refractivity (Wildman–Crippen MR) is 54.7 cm³/mol. The second-order valence-corrected chi connectivity index (χ2v) is 4.70. The van der Waals surface area contributed by atoms with Crippen LogP contribution in [0.25, 0.3) is 0 Å².